The van der Waals surface area contributed by atoms with Gasteiger partial charge in [-0.1, -0.05) is 29.8 Å². The normalized spacial score (nSPS) is 11.7. The lowest BCUT2D eigenvalue weighted by Gasteiger charge is -2.27. The van der Waals surface area contributed by atoms with Crippen molar-refractivity contribution in [3.8, 4) is 5.75 Å². The largest absolute Gasteiger partial charge is 0.497 e. The first-order chi connectivity index (χ1) is 11.5. The Morgan fingerprint density at radius 1 is 1.29 bits per heavy atom. The van der Waals surface area contributed by atoms with Gasteiger partial charge in [-0.05, 0) is 42.3 Å². The molecule has 0 aromatic heterocycles. The van der Waals surface area contributed by atoms with Gasteiger partial charge in [0.15, 0.2) is 0 Å². The fourth-order valence-corrected chi connectivity index (χ4v) is 2.52. The fourth-order valence-electron chi connectivity index (χ4n) is 2.36. The smallest absolute Gasteiger partial charge is 0.322 e. The molecule has 0 saturated heterocycles. The highest BCUT2D eigenvalue weighted by molar-refractivity contribution is 6.33. The van der Waals surface area contributed by atoms with E-state index >= 15 is 0 Å². The first-order valence-corrected chi connectivity index (χ1v) is 7.89. The zero-order valence-electron chi connectivity index (χ0n) is 13.9. The SMILES string of the molecule is COc1ccc(C(CO)N(C)C(=O)Nc2cc(C)ccc2Cl)cc1. The molecule has 0 bridgehead atoms. The van der Waals surface area contributed by atoms with Crippen LogP contribution in [0.4, 0.5) is 10.5 Å². The number of aliphatic hydroxyl groups excluding tert-OH is 1. The van der Waals surface area contributed by atoms with Gasteiger partial charge in [0.25, 0.3) is 0 Å². The van der Waals surface area contributed by atoms with Crippen molar-refractivity contribution >= 4 is 23.3 Å². The molecular weight excluding hydrogens is 328 g/mol. The third-order valence-electron chi connectivity index (χ3n) is 3.82. The number of hydrogen-bond donors (Lipinski definition) is 2. The lowest BCUT2D eigenvalue weighted by Crippen LogP contribution is -2.36. The van der Waals surface area contributed by atoms with Gasteiger partial charge in [-0.2, -0.15) is 0 Å². The number of ether oxygens (including phenoxy) is 1. The highest BCUT2D eigenvalue weighted by atomic mass is 35.5. The minimum absolute atomic E-state index is 0.197. The average Bonchev–Trinajstić information content (AvgIpc) is 2.59. The number of anilines is 1. The summed E-state index contributed by atoms with van der Waals surface area (Å²) in [6.07, 6.45) is 0. The van der Waals surface area contributed by atoms with Crippen molar-refractivity contribution in [2.45, 2.75) is 13.0 Å². The summed E-state index contributed by atoms with van der Waals surface area (Å²) in [6, 6.07) is 11.8. The number of carbonyl (C=O) groups is 1. The number of nitrogens with zero attached hydrogens (tertiary/aromatic N) is 1. The molecule has 2 rings (SSSR count). The summed E-state index contributed by atoms with van der Waals surface area (Å²) in [4.78, 5) is 13.9. The van der Waals surface area contributed by atoms with Crippen molar-refractivity contribution in [2.24, 2.45) is 0 Å². The van der Waals surface area contributed by atoms with Crippen LogP contribution in [0.25, 0.3) is 0 Å². The molecule has 0 aliphatic carbocycles. The van der Waals surface area contributed by atoms with Crippen molar-refractivity contribution < 1.29 is 14.6 Å². The summed E-state index contributed by atoms with van der Waals surface area (Å²) in [5.41, 5.74) is 2.34. The van der Waals surface area contributed by atoms with E-state index in [1.54, 1.807) is 38.4 Å². The number of amides is 2. The van der Waals surface area contributed by atoms with Crippen molar-refractivity contribution in [3.05, 3.63) is 58.6 Å². The summed E-state index contributed by atoms with van der Waals surface area (Å²) in [5.74, 6) is 0.717. The van der Waals surface area contributed by atoms with Crippen LogP contribution in [-0.2, 0) is 0 Å². The quantitative estimate of drug-likeness (QED) is 0.862. The Labute approximate surface area is 146 Å². The molecule has 0 aliphatic rings. The zero-order valence-corrected chi connectivity index (χ0v) is 14.7. The van der Waals surface area contributed by atoms with Gasteiger partial charge in [-0.15, -0.1) is 0 Å². The Morgan fingerprint density at radius 3 is 2.54 bits per heavy atom. The molecule has 2 aromatic carbocycles. The van der Waals surface area contributed by atoms with Crippen molar-refractivity contribution in [1.29, 1.82) is 0 Å². The number of urea groups is 1. The number of aliphatic hydroxyl groups is 1. The fraction of sp³-hybridized carbons (Fsp3) is 0.278. The highest BCUT2D eigenvalue weighted by Gasteiger charge is 2.21. The van der Waals surface area contributed by atoms with E-state index in [-0.39, 0.29) is 12.6 Å². The van der Waals surface area contributed by atoms with Gasteiger partial charge in [0.1, 0.15) is 5.75 Å². The monoisotopic (exact) mass is 348 g/mol. The highest BCUT2D eigenvalue weighted by Crippen LogP contribution is 2.25. The van der Waals surface area contributed by atoms with Crippen LogP contribution in [-0.4, -0.2) is 36.8 Å². The second-order valence-corrected chi connectivity index (χ2v) is 5.90. The van der Waals surface area contributed by atoms with Crippen molar-refractivity contribution in [2.75, 3.05) is 26.1 Å². The lowest BCUT2D eigenvalue weighted by atomic mass is 10.1. The molecule has 5 nitrogen and oxygen atoms in total. The minimum Gasteiger partial charge on any atom is -0.497 e. The molecule has 24 heavy (non-hydrogen) atoms. The van der Waals surface area contributed by atoms with Gasteiger partial charge in [0.05, 0.1) is 30.5 Å². The second-order valence-electron chi connectivity index (χ2n) is 5.50. The van der Waals surface area contributed by atoms with E-state index in [2.05, 4.69) is 5.32 Å². The molecule has 1 unspecified atom stereocenters. The van der Waals surface area contributed by atoms with E-state index in [0.717, 1.165) is 11.1 Å². The maximum atomic E-state index is 12.5. The van der Waals surface area contributed by atoms with Crippen LogP contribution in [0.2, 0.25) is 5.02 Å². The molecule has 0 aliphatic heterocycles. The van der Waals surface area contributed by atoms with E-state index in [1.165, 1.54) is 4.90 Å². The Hall–Kier alpha value is -2.24. The van der Waals surface area contributed by atoms with E-state index in [9.17, 15) is 9.90 Å². The van der Waals surface area contributed by atoms with Crippen LogP contribution >= 0.6 is 11.6 Å². The topological polar surface area (TPSA) is 61.8 Å². The molecule has 0 radical (unpaired) electrons. The molecule has 2 N–H and O–H groups in total. The van der Waals surface area contributed by atoms with E-state index < -0.39 is 6.04 Å². The van der Waals surface area contributed by atoms with E-state index in [0.29, 0.717) is 16.5 Å². The summed E-state index contributed by atoms with van der Waals surface area (Å²) in [6.45, 7) is 1.72. The lowest BCUT2D eigenvalue weighted by molar-refractivity contribution is 0.159. The van der Waals surface area contributed by atoms with Crippen molar-refractivity contribution in [3.63, 3.8) is 0 Å². The Balaban J connectivity index is 2.15. The van der Waals surface area contributed by atoms with Gasteiger partial charge in [-0.3, -0.25) is 0 Å². The Morgan fingerprint density at radius 2 is 1.96 bits per heavy atom. The van der Waals surface area contributed by atoms with Crippen molar-refractivity contribution in [1.82, 2.24) is 4.90 Å². The van der Waals surface area contributed by atoms with Crippen LogP contribution < -0.4 is 10.1 Å². The van der Waals surface area contributed by atoms with Gasteiger partial charge >= 0.3 is 6.03 Å². The number of rotatable bonds is 5. The molecule has 2 aromatic rings. The predicted molar refractivity (Wildman–Crippen MR) is 95.8 cm³/mol. The molecule has 2 amide bonds. The third kappa shape index (κ3) is 4.19. The van der Waals surface area contributed by atoms with Gasteiger partial charge in [-0.25, -0.2) is 4.79 Å². The number of methoxy groups -OCH3 is 1. The number of aryl methyl sites for hydroxylation is 1. The Kier molecular flexibility index (Phi) is 6.06. The number of hydrogen-bond acceptors (Lipinski definition) is 3. The molecule has 0 heterocycles. The number of nitrogens with one attached hydrogen (secondary N) is 1. The predicted octanol–water partition coefficient (Wildman–Crippen LogP) is 3.85. The van der Waals surface area contributed by atoms with Crippen LogP contribution in [0.1, 0.15) is 17.2 Å². The molecule has 1 atom stereocenters. The average molecular weight is 349 g/mol. The maximum Gasteiger partial charge on any atom is 0.322 e. The number of carbonyl (C=O) groups excluding carboxylic acids is 1. The summed E-state index contributed by atoms with van der Waals surface area (Å²) < 4.78 is 5.12. The van der Waals surface area contributed by atoms with Crippen LogP contribution in [0, 0.1) is 6.92 Å². The molecule has 0 fully saturated rings. The molecule has 6 heteroatoms. The molecule has 0 spiro atoms. The van der Waals surface area contributed by atoms with Crippen LogP contribution in [0.5, 0.6) is 5.75 Å². The zero-order chi connectivity index (χ0) is 17.7. The van der Waals surface area contributed by atoms with Gasteiger partial charge in [0.2, 0.25) is 0 Å². The summed E-state index contributed by atoms with van der Waals surface area (Å²) in [5, 5.41) is 13.0. The minimum atomic E-state index is -0.473. The molecule has 128 valence electrons. The van der Waals surface area contributed by atoms with Crippen LogP contribution in [0.3, 0.4) is 0 Å². The standard InChI is InChI=1S/C18H21ClN2O3/c1-12-4-9-15(19)16(10-12)20-18(23)21(2)17(11-22)13-5-7-14(24-3)8-6-13/h4-10,17,22H,11H2,1-3H3,(H,20,23). The second kappa shape index (κ2) is 8.04. The first kappa shape index (κ1) is 18.1. The van der Waals surface area contributed by atoms with E-state index in [1.807, 2.05) is 25.1 Å². The van der Waals surface area contributed by atoms with E-state index in [4.69, 9.17) is 16.3 Å². The first-order valence-electron chi connectivity index (χ1n) is 7.51. The number of likely N-dealkylation sites (N-methyl/N-ethyl adjacent to an activating group) is 1. The summed E-state index contributed by atoms with van der Waals surface area (Å²) >= 11 is 6.11. The Bertz CT molecular complexity index is 704. The van der Waals surface area contributed by atoms with Gasteiger partial charge < -0.3 is 20.1 Å². The number of benzene rings is 2. The summed E-state index contributed by atoms with van der Waals surface area (Å²) in [7, 11) is 3.22. The van der Waals surface area contributed by atoms with Gasteiger partial charge in [0, 0.05) is 7.05 Å². The molecule has 0 saturated carbocycles. The third-order valence-corrected chi connectivity index (χ3v) is 4.15. The maximum absolute atomic E-state index is 12.5. The number of halogens is 1. The van der Waals surface area contributed by atoms with Crippen LogP contribution in [0.15, 0.2) is 42.5 Å². The molecular formula is C18H21ClN2O3.